The third kappa shape index (κ3) is 4.65. The fourth-order valence-corrected chi connectivity index (χ4v) is 4.07. The normalized spacial score (nSPS) is 14.9. The average molecular weight is 473 g/mol. The van der Waals surface area contributed by atoms with E-state index < -0.39 is 12.0 Å². The van der Waals surface area contributed by atoms with Crippen LogP contribution in [0.3, 0.4) is 0 Å². The first-order chi connectivity index (χ1) is 17.1. The minimum absolute atomic E-state index is 0.139. The average Bonchev–Trinajstić information content (AvgIpc) is 3.59. The van der Waals surface area contributed by atoms with Gasteiger partial charge in [0.2, 0.25) is 5.82 Å². The van der Waals surface area contributed by atoms with Gasteiger partial charge in [-0.3, -0.25) is 4.79 Å². The van der Waals surface area contributed by atoms with Crippen LogP contribution >= 0.6 is 0 Å². The highest BCUT2D eigenvalue weighted by molar-refractivity contribution is 5.95. The molecule has 4 aromatic rings. The van der Waals surface area contributed by atoms with Gasteiger partial charge in [-0.15, -0.1) is 0 Å². The number of hydrogen-bond donors (Lipinski definition) is 0. The summed E-state index contributed by atoms with van der Waals surface area (Å²) >= 11 is 0. The maximum Gasteiger partial charge on any atom is 0.329 e. The Balaban J connectivity index is 1.32. The predicted molar refractivity (Wildman–Crippen MR) is 123 cm³/mol. The molecule has 1 amide bonds. The summed E-state index contributed by atoms with van der Waals surface area (Å²) in [5.41, 5.74) is 2.64. The van der Waals surface area contributed by atoms with E-state index in [4.69, 9.17) is 18.4 Å². The van der Waals surface area contributed by atoms with Gasteiger partial charge >= 0.3 is 5.97 Å². The molecule has 1 aliphatic heterocycles. The summed E-state index contributed by atoms with van der Waals surface area (Å²) in [6, 6.07) is 17.4. The molecular weight excluding hydrogens is 450 g/mol. The first kappa shape index (κ1) is 22.4. The van der Waals surface area contributed by atoms with Crippen LogP contribution < -0.4 is 4.74 Å². The number of esters is 1. The molecule has 0 saturated carbocycles. The Labute approximate surface area is 201 Å². The van der Waals surface area contributed by atoms with Gasteiger partial charge in [0, 0.05) is 13.0 Å². The van der Waals surface area contributed by atoms with E-state index in [1.54, 1.807) is 12.1 Å². The molecule has 9 heteroatoms. The SMILES string of the molecule is CCOc1ccccc1-c1noc(COC(=O)[C@@H]2Cc3ccccc3CN2C(=O)c2ccco2)n1. The van der Waals surface area contributed by atoms with E-state index in [-0.39, 0.29) is 30.7 Å². The summed E-state index contributed by atoms with van der Waals surface area (Å²) in [4.78, 5) is 32.0. The Kier molecular flexibility index (Phi) is 6.30. The molecule has 3 heterocycles. The first-order valence-corrected chi connectivity index (χ1v) is 11.3. The molecule has 5 rings (SSSR count). The number of fused-ring (bicyclic) bond motifs is 1. The van der Waals surface area contributed by atoms with Crippen molar-refractivity contribution >= 4 is 11.9 Å². The monoisotopic (exact) mass is 473 g/mol. The fraction of sp³-hybridized carbons (Fsp3) is 0.231. The van der Waals surface area contributed by atoms with Crippen LogP contribution in [0, 0.1) is 0 Å². The first-order valence-electron chi connectivity index (χ1n) is 11.3. The number of rotatable bonds is 7. The second kappa shape index (κ2) is 9.84. The van der Waals surface area contributed by atoms with Gasteiger partial charge in [-0.05, 0) is 42.3 Å². The molecule has 0 spiro atoms. The van der Waals surface area contributed by atoms with E-state index in [1.807, 2.05) is 55.5 Å². The maximum atomic E-state index is 13.1. The summed E-state index contributed by atoms with van der Waals surface area (Å²) < 4.78 is 21.7. The molecule has 9 nitrogen and oxygen atoms in total. The predicted octanol–water partition coefficient (Wildman–Crippen LogP) is 4.04. The van der Waals surface area contributed by atoms with E-state index in [2.05, 4.69) is 10.1 Å². The molecule has 2 aromatic heterocycles. The summed E-state index contributed by atoms with van der Waals surface area (Å²) in [6.07, 6.45) is 1.76. The highest BCUT2D eigenvalue weighted by Crippen LogP contribution is 2.28. The van der Waals surface area contributed by atoms with Crippen molar-refractivity contribution in [2.45, 2.75) is 32.5 Å². The summed E-state index contributed by atoms with van der Waals surface area (Å²) in [5.74, 6) is 0.331. The molecule has 178 valence electrons. The van der Waals surface area contributed by atoms with Crippen LogP contribution in [0.25, 0.3) is 11.4 Å². The van der Waals surface area contributed by atoms with E-state index in [9.17, 15) is 9.59 Å². The van der Waals surface area contributed by atoms with E-state index in [0.717, 1.165) is 11.1 Å². The number of aromatic nitrogens is 2. The standard InChI is InChI=1S/C26H23N3O6/c1-2-32-21-11-6-5-10-19(21)24-27-23(35-28-24)16-34-26(31)20-14-17-8-3-4-9-18(17)15-29(20)25(30)22-12-7-13-33-22/h3-13,20H,2,14-16H2,1H3/t20-/m0/s1. The van der Waals surface area contributed by atoms with Crippen LogP contribution in [0.15, 0.2) is 75.9 Å². The minimum atomic E-state index is -0.816. The molecule has 0 N–H and O–H groups in total. The molecule has 0 aliphatic carbocycles. The van der Waals surface area contributed by atoms with Crippen LogP contribution in [-0.2, 0) is 29.1 Å². The fourth-order valence-electron chi connectivity index (χ4n) is 4.07. The van der Waals surface area contributed by atoms with Gasteiger partial charge in [-0.1, -0.05) is 41.6 Å². The molecule has 0 unspecified atom stereocenters. The maximum absolute atomic E-state index is 13.1. The van der Waals surface area contributed by atoms with E-state index in [1.165, 1.54) is 11.2 Å². The Morgan fingerprint density at radius 3 is 2.66 bits per heavy atom. The lowest BCUT2D eigenvalue weighted by Crippen LogP contribution is -2.49. The number of ether oxygens (including phenoxy) is 2. The lowest BCUT2D eigenvalue weighted by Gasteiger charge is -2.34. The molecule has 0 saturated heterocycles. The third-order valence-electron chi connectivity index (χ3n) is 5.75. The van der Waals surface area contributed by atoms with E-state index >= 15 is 0 Å². The van der Waals surface area contributed by atoms with Gasteiger partial charge in [0.05, 0.1) is 18.4 Å². The van der Waals surface area contributed by atoms with Crippen LogP contribution in [0.5, 0.6) is 5.75 Å². The Morgan fingerprint density at radius 1 is 1.06 bits per heavy atom. The smallest absolute Gasteiger partial charge is 0.329 e. The van der Waals surface area contributed by atoms with Gasteiger partial charge in [0.1, 0.15) is 11.8 Å². The number of furan rings is 1. The van der Waals surface area contributed by atoms with Crippen LogP contribution in [0.1, 0.15) is 34.5 Å². The van der Waals surface area contributed by atoms with Crippen LogP contribution in [-0.4, -0.2) is 39.6 Å². The molecule has 35 heavy (non-hydrogen) atoms. The highest BCUT2D eigenvalue weighted by Gasteiger charge is 2.37. The number of benzene rings is 2. The van der Waals surface area contributed by atoms with Crippen molar-refractivity contribution in [2.75, 3.05) is 6.61 Å². The molecule has 0 bridgehead atoms. The number of carbonyl (C=O) groups is 2. The number of amides is 1. The van der Waals surface area contributed by atoms with Crippen LogP contribution in [0.2, 0.25) is 0 Å². The van der Waals surface area contributed by atoms with Crippen molar-refractivity contribution in [2.24, 2.45) is 0 Å². The lowest BCUT2D eigenvalue weighted by atomic mass is 9.93. The van der Waals surface area contributed by atoms with Gasteiger partial charge in [-0.25, -0.2) is 4.79 Å². The Bertz CT molecular complexity index is 1330. The highest BCUT2D eigenvalue weighted by atomic mass is 16.6. The zero-order chi connectivity index (χ0) is 24.2. The van der Waals surface area contributed by atoms with Crippen molar-refractivity contribution in [1.29, 1.82) is 0 Å². The number of hydrogen-bond acceptors (Lipinski definition) is 8. The summed E-state index contributed by atoms with van der Waals surface area (Å²) in [6.45, 7) is 2.44. The zero-order valence-corrected chi connectivity index (χ0v) is 19.0. The van der Waals surface area contributed by atoms with Gasteiger partial charge in [0.25, 0.3) is 11.8 Å². The molecule has 0 radical (unpaired) electrons. The van der Waals surface area contributed by atoms with Gasteiger partial charge in [0.15, 0.2) is 12.4 Å². The molecule has 1 aliphatic rings. The zero-order valence-electron chi connectivity index (χ0n) is 19.0. The summed E-state index contributed by atoms with van der Waals surface area (Å²) in [7, 11) is 0. The topological polar surface area (TPSA) is 108 Å². The van der Waals surface area contributed by atoms with Crippen molar-refractivity contribution in [3.8, 4) is 17.1 Å². The Morgan fingerprint density at radius 2 is 1.86 bits per heavy atom. The van der Waals surface area contributed by atoms with Crippen molar-refractivity contribution in [3.05, 3.63) is 89.7 Å². The largest absolute Gasteiger partial charge is 0.493 e. The Hall–Kier alpha value is -4.40. The van der Waals surface area contributed by atoms with Gasteiger partial charge < -0.3 is 23.3 Å². The van der Waals surface area contributed by atoms with Crippen molar-refractivity contribution in [1.82, 2.24) is 15.0 Å². The van der Waals surface area contributed by atoms with Crippen molar-refractivity contribution in [3.63, 3.8) is 0 Å². The van der Waals surface area contributed by atoms with E-state index in [0.29, 0.717) is 30.2 Å². The second-order valence-corrected chi connectivity index (χ2v) is 7.95. The number of nitrogens with zero attached hydrogens (tertiary/aromatic N) is 3. The second-order valence-electron chi connectivity index (χ2n) is 7.95. The quantitative estimate of drug-likeness (QED) is 0.370. The summed E-state index contributed by atoms with van der Waals surface area (Å²) in [5, 5.41) is 3.99. The molecule has 1 atom stereocenters. The molecule has 2 aromatic carbocycles. The number of para-hydroxylation sites is 1. The molecular formula is C26H23N3O6. The minimum Gasteiger partial charge on any atom is -0.493 e. The lowest BCUT2D eigenvalue weighted by molar-refractivity contribution is -0.151. The molecule has 0 fully saturated rings. The van der Waals surface area contributed by atoms with Gasteiger partial charge in [-0.2, -0.15) is 4.98 Å². The van der Waals surface area contributed by atoms with Crippen LogP contribution in [0.4, 0.5) is 0 Å². The third-order valence-corrected chi connectivity index (χ3v) is 5.75. The van der Waals surface area contributed by atoms with Crippen molar-refractivity contribution < 1.29 is 28.0 Å². The number of carbonyl (C=O) groups excluding carboxylic acids is 2.